The summed E-state index contributed by atoms with van der Waals surface area (Å²) in [7, 11) is 0. The van der Waals surface area contributed by atoms with Crippen molar-refractivity contribution in [1.29, 1.82) is 5.26 Å². The Balaban J connectivity index is 2.06. The second-order valence-corrected chi connectivity index (χ2v) is 4.62. The van der Waals surface area contributed by atoms with Crippen molar-refractivity contribution in [3.63, 3.8) is 0 Å². The highest BCUT2D eigenvalue weighted by Crippen LogP contribution is 2.20. The zero-order valence-electron chi connectivity index (χ0n) is 11.0. The Kier molecular flexibility index (Phi) is 3.20. The second kappa shape index (κ2) is 5.17. The first-order chi connectivity index (χ1) is 10.2. The van der Waals surface area contributed by atoms with Crippen LogP contribution in [0, 0.1) is 17.1 Å². The summed E-state index contributed by atoms with van der Waals surface area (Å²) in [5.41, 5.74) is 1.87. The number of nitrogens with zero attached hydrogens (tertiary/aromatic N) is 3. The third-order valence-corrected chi connectivity index (χ3v) is 3.31. The van der Waals surface area contributed by atoms with Crippen LogP contribution in [0.4, 0.5) is 4.39 Å². The van der Waals surface area contributed by atoms with Crippen LogP contribution in [0.2, 0.25) is 0 Å². The molecule has 0 aliphatic rings. The number of fused-ring (bicyclic) bond motifs is 1. The summed E-state index contributed by atoms with van der Waals surface area (Å²) in [6.07, 6.45) is 4.04. The van der Waals surface area contributed by atoms with E-state index in [0.717, 1.165) is 11.7 Å². The van der Waals surface area contributed by atoms with Crippen molar-refractivity contribution in [2.45, 2.75) is 6.54 Å². The topological polar surface area (TPSA) is 58.7 Å². The lowest BCUT2D eigenvalue weighted by atomic mass is 10.1. The fourth-order valence-electron chi connectivity index (χ4n) is 2.29. The van der Waals surface area contributed by atoms with Crippen molar-refractivity contribution >= 4 is 17.3 Å². The lowest BCUT2D eigenvalue weighted by Gasteiger charge is -2.06. The van der Waals surface area contributed by atoms with Gasteiger partial charge in [-0.25, -0.2) is 9.37 Å². The number of aromatic nitrogens is 2. The highest BCUT2D eigenvalue weighted by Gasteiger charge is 2.11. The zero-order valence-corrected chi connectivity index (χ0v) is 11.0. The Morgan fingerprint density at radius 3 is 2.95 bits per heavy atom. The smallest absolute Gasteiger partial charge is 0.152 e. The van der Waals surface area contributed by atoms with E-state index in [4.69, 9.17) is 5.26 Å². The molecule has 0 N–H and O–H groups in total. The van der Waals surface area contributed by atoms with Gasteiger partial charge < -0.3 is 4.57 Å². The highest BCUT2D eigenvalue weighted by atomic mass is 19.1. The molecule has 102 valence electrons. The molecule has 0 atom stereocenters. The zero-order chi connectivity index (χ0) is 14.8. The number of pyridine rings is 1. The van der Waals surface area contributed by atoms with Crippen molar-refractivity contribution in [2.24, 2.45) is 0 Å². The molecule has 2 heterocycles. The predicted molar refractivity (Wildman–Crippen MR) is 75.3 cm³/mol. The van der Waals surface area contributed by atoms with E-state index >= 15 is 0 Å². The van der Waals surface area contributed by atoms with E-state index in [-0.39, 0.29) is 12.1 Å². The number of aldehydes is 1. The summed E-state index contributed by atoms with van der Waals surface area (Å²) < 4.78 is 15.7. The number of nitriles is 1. The van der Waals surface area contributed by atoms with Crippen molar-refractivity contribution < 1.29 is 9.18 Å². The van der Waals surface area contributed by atoms with E-state index in [0.29, 0.717) is 16.8 Å². The highest BCUT2D eigenvalue weighted by molar-refractivity contribution is 5.95. The van der Waals surface area contributed by atoms with Gasteiger partial charge in [0.1, 0.15) is 11.5 Å². The molecule has 3 rings (SSSR count). The quantitative estimate of drug-likeness (QED) is 0.693. The monoisotopic (exact) mass is 279 g/mol. The molecule has 0 bridgehead atoms. The van der Waals surface area contributed by atoms with Crippen LogP contribution in [0.25, 0.3) is 11.0 Å². The molecule has 21 heavy (non-hydrogen) atoms. The van der Waals surface area contributed by atoms with Crippen LogP contribution in [-0.4, -0.2) is 15.8 Å². The van der Waals surface area contributed by atoms with Gasteiger partial charge in [0.25, 0.3) is 0 Å². The van der Waals surface area contributed by atoms with Crippen LogP contribution >= 0.6 is 0 Å². The van der Waals surface area contributed by atoms with Crippen LogP contribution in [0.15, 0.2) is 42.7 Å². The lowest BCUT2D eigenvalue weighted by Crippen LogP contribution is -2.02. The third kappa shape index (κ3) is 2.28. The molecular formula is C16H10FN3O. The number of rotatable bonds is 3. The SMILES string of the molecule is N#Cc1ccc(Cn2cc(C=O)c3cccnc32)c(F)c1. The molecule has 0 aliphatic heterocycles. The van der Waals surface area contributed by atoms with Gasteiger partial charge >= 0.3 is 0 Å². The standard InChI is InChI=1S/C16H10FN3O/c17-15-6-11(7-18)3-4-12(15)8-20-9-13(10-21)14-2-1-5-19-16(14)20/h1-6,9-10H,8H2. The van der Waals surface area contributed by atoms with Gasteiger partial charge in [0.05, 0.1) is 18.2 Å². The number of carbonyl (C=O) groups excluding carboxylic acids is 1. The summed E-state index contributed by atoms with van der Waals surface area (Å²) in [5, 5.41) is 9.49. The molecule has 4 nitrogen and oxygen atoms in total. The Morgan fingerprint density at radius 1 is 1.38 bits per heavy atom. The van der Waals surface area contributed by atoms with Crippen LogP contribution in [0.1, 0.15) is 21.5 Å². The maximum absolute atomic E-state index is 14.0. The molecule has 0 spiro atoms. The van der Waals surface area contributed by atoms with Crippen molar-refractivity contribution in [3.8, 4) is 6.07 Å². The Bertz CT molecular complexity index is 877. The average Bonchev–Trinajstić information content (AvgIpc) is 2.87. The first kappa shape index (κ1) is 13.0. The Hall–Kier alpha value is -3.00. The lowest BCUT2D eigenvalue weighted by molar-refractivity contribution is 0.112. The van der Waals surface area contributed by atoms with E-state index < -0.39 is 5.82 Å². The molecule has 0 unspecified atom stereocenters. The minimum absolute atomic E-state index is 0.249. The number of hydrogen-bond acceptors (Lipinski definition) is 3. The normalized spacial score (nSPS) is 10.5. The van der Waals surface area contributed by atoms with E-state index in [2.05, 4.69) is 4.98 Å². The van der Waals surface area contributed by atoms with Crippen LogP contribution < -0.4 is 0 Å². The van der Waals surface area contributed by atoms with E-state index in [1.807, 2.05) is 6.07 Å². The molecule has 2 aromatic heterocycles. The summed E-state index contributed by atoms with van der Waals surface area (Å²) >= 11 is 0. The number of carbonyl (C=O) groups is 1. The van der Waals surface area contributed by atoms with Crippen LogP contribution in [-0.2, 0) is 6.54 Å². The first-order valence-electron chi connectivity index (χ1n) is 6.30. The van der Waals surface area contributed by atoms with Gasteiger partial charge in [0.2, 0.25) is 0 Å². The summed E-state index contributed by atoms with van der Waals surface area (Å²) in [6, 6.07) is 9.80. The molecule has 3 aromatic rings. The fourth-order valence-corrected chi connectivity index (χ4v) is 2.29. The maximum Gasteiger partial charge on any atom is 0.152 e. The summed E-state index contributed by atoms with van der Waals surface area (Å²) in [5.74, 6) is -0.445. The van der Waals surface area contributed by atoms with Crippen molar-refractivity contribution in [2.75, 3.05) is 0 Å². The van der Waals surface area contributed by atoms with Gasteiger partial charge in [-0.3, -0.25) is 4.79 Å². The van der Waals surface area contributed by atoms with Gasteiger partial charge in [-0.1, -0.05) is 6.07 Å². The largest absolute Gasteiger partial charge is 0.327 e. The van der Waals surface area contributed by atoms with Gasteiger partial charge in [-0.2, -0.15) is 5.26 Å². The molecule has 0 saturated heterocycles. The number of hydrogen-bond donors (Lipinski definition) is 0. The first-order valence-corrected chi connectivity index (χ1v) is 6.30. The predicted octanol–water partition coefficient (Wildman–Crippen LogP) is 2.91. The fraction of sp³-hybridized carbons (Fsp3) is 0.0625. The Morgan fingerprint density at radius 2 is 2.24 bits per heavy atom. The molecule has 1 aromatic carbocycles. The molecule has 5 heteroatoms. The minimum Gasteiger partial charge on any atom is -0.327 e. The molecule has 0 aliphatic carbocycles. The summed E-state index contributed by atoms with van der Waals surface area (Å²) in [4.78, 5) is 15.3. The Labute approximate surface area is 120 Å². The van der Waals surface area contributed by atoms with Gasteiger partial charge in [0, 0.05) is 28.9 Å². The van der Waals surface area contributed by atoms with Gasteiger partial charge in [-0.15, -0.1) is 0 Å². The number of benzene rings is 1. The molecule has 0 saturated carbocycles. The third-order valence-electron chi connectivity index (χ3n) is 3.31. The van der Waals surface area contributed by atoms with E-state index in [9.17, 15) is 9.18 Å². The van der Waals surface area contributed by atoms with Crippen molar-refractivity contribution in [3.05, 3.63) is 65.2 Å². The van der Waals surface area contributed by atoms with Gasteiger partial charge in [0.15, 0.2) is 6.29 Å². The van der Waals surface area contributed by atoms with Crippen LogP contribution in [0.3, 0.4) is 0 Å². The maximum atomic E-state index is 14.0. The summed E-state index contributed by atoms with van der Waals surface area (Å²) in [6.45, 7) is 0.249. The minimum atomic E-state index is -0.445. The molecule has 0 amide bonds. The van der Waals surface area contributed by atoms with Gasteiger partial charge in [-0.05, 0) is 24.3 Å². The number of halogens is 1. The van der Waals surface area contributed by atoms with E-state index in [1.165, 1.54) is 6.07 Å². The average molecular weight is 279 g/mol. The second-order valence-electron chi connectivity index (χ2n) is 4.62. The molecular weight excluding hydrogens is 269 g/mol. The molecule has 0 radical (unpaired) electrons. The van der Waals surface area contributed by atoms with Crippen molar-refractivity contribution in [1.82, 2.24) is 9.55 Å². The molecule has 0 fully saturated rings. The van der Waals surface area contributed by atoms with E-state index in [1.54, 1.807) is 41.2 Å². The van der Waals surface area contributed by atoms with Crippen LogP contribution in [0.5, 0.6) is 0 Å².